The van der Waals surface area contributed by atoms with E-state index in [2.05, 4.69) is 0 Å². The van der Waals surface area contributed by atoms with Crippen molar-refractivity contribution in [1.82, 2.24) is 0 Å². The van der Waals surface area contributed by atoms with Gasteiger partial charge in [0.1, 0.15) is 5.60 Å². The van der Waals surface area contributed by atoms with Crippen molar-refractivity contribution in [3.8, 4) is 0 Å². The number of ketones is 1. The minimum atomic E-state index is -1.43. The van der Waals surface area contributed by atoms with Crippen molar-refractivity contribution in [1.29, 1.82) is 0 Å². The first-order chi connectivity index (χ1) is 15.2. The third-order valence-electron chi connectivity index (χ3n) is 5.73. The van der Waals surface area contributed by atoms with Gasteiger partial charge in [-0.05, 0) is 55.2 Å². The molecule has 0 unspecified atom stereocenters. The Morgan fingerprint density at radius 2 is 1.66 bits per heavy atom. The van der Waals surface area contributed by atoms with E-state index in [0.717, 1.165) is 33.0 Å². The Morgan fingerprint density at radius 3 is 2.44 bits per heavy atom. The van der Waals surface area contributed by atoms with Gasteiger partial charge in [-0.2, -0.15) is 0 Å². The van der Waals surface area contributed by atoms with Crippen LogP contribution in [-0.2, 0) is 31.0 Å². The highest BCUT2D eigenvalue weighted by molar-refractivity contribution is 8.13. The number of carbonyl (C=O) groups is 3. The van der Waals surface area contributed by atoms with Gasteiger partial charge in [0, 0.05) is 17.7 Å². The predicted molar refractivity (Wildman–Crippen MR) is 127 cm³/mol. The molecule has 0 saturated heterocycles. The van der Waals surface area contributed by atoms with Gasteiger partial charge in [-0.3, -0.25) is 14.4 Å². The monoisotopic (exact) mass is 446 g/mol. The fourth-order valence-electron chi connectivity index (χ4n) is 4.28. The van der Waals surface area contributed by atoms with Crippen LogP contribution in [0.1, 0.15) is 44.7 Å². The Hall–Kier alpha value is -2.92. The standard InChI is InChI=1S/C27H26O4S/c1-26(2,3)31-25(30)27(21-13-7-5-10-19(21)17-23(27)28)16-15-24(29)32-22-14-8-11-18-9-4-6-12-20(18)22/h4-14H,15-17H2,1-3H3/t27-/m0/s1. The number of benzene rings is 3. The van der Waals surface area contributed by atoms with Crippen LogP contribution in [0.15, 0.2) is 71.6 Å². The molecule has 0 aliphatic heterocycles. The molecule has 0 N–H and O–H groups in total. The maximum absolute atomic E-state index is 13.3. The van der Waals surface area contributed by atoms with E-state index in [0.29, 0.717) is 5.56 Å². The van der Waals surface area contributed by atoms with Crippen molar-refractivity contribution in [2.45, 2.75) is 55.9 Å². The van der Waals surface area contributed by atoms with Gasteiger partial charge in [-0.25, -0.2) is 0 Å². The maximum Gasteiger partial charge on any atom is 0.324 e. The summed E-state index contributed by atoms with van der Waals surface area (Å²) >= 11 is 1.16. The Kier molecular flexibility index (Phi) is 5.95. The van der Waals surface area contributed by atoms with Gasteiger partial charge in [0.25, 0.3) is 0 Å². The number of esters is 1. The number of hydrogen-bond acceptors (Lipinski definition) is 5. The predicted octanol–water partition coefficient (Wildman–Crippen LogP) is 5.64. The normalized spacial score (nSPS) is 17.9. The summed E-state index contributed by atoms with van der Waals surface area (Å²) in [5, 5.41) is 1.99. The third-order valence-corrected chi connectivity index (χ3v) is 6.74. The van der Waals surface area contributed by atoms with Gasteiger partial charge in [0.15, 0.2) is 16.3 Å². The van der Waals surface area contributed by atoms with E-state index >= 15 is 0 Å². The zero-order valence-electron chi connectivity index (χ0n) is 18.5. The Balaban J connectivity index is 1.60. The zero-order chi connectivity index (χ0) is 22.9. The van der Waals surface area contributed by atoms with E-state index in [1.165, 1.54) is 0 Å². The highest BCUT2D eigenvalue weighted by Gasteiger charge is 2.54. The number of hydrogen-bond donors (Lipinski definition) is 0. The first-order valence-electron chi connectivity index (χ1n) is 10.7. The molecule has 1 aliphatic carbocycles. The average Bonchev–Trinajstić information content (AvgIpc) is 3.03. The molecule has 1 atom stereocenters. The molecular formula is C27H26O4S. The highest BCUT2D eigenvalue weighted by atomic mass is 32.2. The molecule has 0 saturated carbocycles. The van der Waals surface area contributed by atoms with E-state index < -0.39 is 17.0 Å². The minimum absolute atomic E-state index is 0.0820. The van der Waals surface area contributed by atoms with Crippen LogP contribution >= 0.6 is 11.8 Å². The SMILES string of the molecule is CC(C)(C)OC(=O)[C@]1(CCC(=O)Sc2cccc3ccccc23)C(=O)Cc2ccccc21. The van der Waals surface area contributed by atoms with Crippen molar-refractivity contribution >= 4 is 39.4 Å². The van der Waals surface area contributed by atoms with Gasteiger partial charge < -0.3 is 4.74 Å². The first kappa shape index (κ1) is 22.3. The number of Topliss-reactive ketones (excluding diaryl/α,β-unsaturated/α-hetero) is 1. The van der Waals surface area contributed by atoms with Gasteiger partial charge in [-0.15, -0.1) is 0 Å². The van der Waals surface area contributed by atoms with Crippen LogP contribution in [0.5, 0.6) is 0 Å². The van der Waals surface area contributed by atoms with Crippen LogP contribution in [0.4, 0.5) is 0 Å². The lowest BCUT2D eigenvalue weighted by Gasteiger charge is -2.30. The molecule has 0 spiro atoms. The summed E-state index contributed by atoms with van der Waals surface area (Å²) in [5.41, 5.74) is -0.664. The lowest BCUT2D eigenvalue weighted by Crippen LogP contribution is -2.45. The smallest absolute Gasteiger partial charge is 0.324 e. The van der Waals surface area contributed by atoms with Crippen LogP contribution in [0.25, 0.3) is 10.8 Å². The Labute approximate surface area is 192 Å². The molecule has 4 nitrogen and oxygen atoms in total. The molecule has 1 aliphatic rings. The van der Waals surface area contributed by atoms with Crippen molar-refractivity contribution < 1.29 is 19.1 Å². The summed E-state index contributed by atoms with van der Waals surface area (Å²) < 4.78 is 5.68. The molecule has 3 aromatic rings. The lowest BCUT2D eigenvalue weighted by molar-refractivity contribution is -0.164. The van der Waals surface area contributed by atoms with Gasteiger partial charge in [0.05, 0.1) is 0 Å². The van der Waals surface area contributed by atoms with Crippen molar-refractivity contribution in [2.75, 3.05) is 0 Å². The maximum atomic E-state index is 13.3. The molecule has 0 radical (unpaired) electrons. The second-order valence-electron chi connectivity index (χ2n) is 9.12. The molecule has 3 aromatic carbocycles. The van der Waals surface area contributed by atoms with E-state index in [1.807, 2.05) is 66.7 Å². The van der Waals surface area contributed by atoms with Crippen LogP contribution in [0.3, 0.4) is 0 Å². The average molecular weight is 447 g/mol. The summed E-state index contributed by atoms with van der Waals surface area (Å²) in [4.78, 5) is 40.4. The number of thioether (sulfide) groups is 1. The Morgan fingerprint density at radius 1 is 0.969 bits per heavy atom. The summed E-state index contributed by atoms with van der Waals surface area (Å²) in [5.74, 6) is -0.765. The van der Waals surface area contributed by atoms with E-state index in [4.69, 9.17) is 4.74 Å². The second-order valence-corrected chi connectivity index (χ2v) is 10.2. The molecule has 164 valence electrons. The molecule has 0 amide bonds. The fourth-order valence-corrected chi connectivity index (χ4v) is 5.17. The van der Waals surface area contributed by atoms with Crippen molar-refractivity contribution in [3.05, 3.63) is 77.9 Å². The number of rotatable bonds is 5. The number of carbonyl (C=O) groups excluding carboxylic acids is 3. The largest absolute Gasteiger partial charge is 0.459 e. The van der Waals surface area contributed by atoms with E-state index in [9.17, 15) is 14.4 Å². The van der Waals surface area contributed by atoms with Crippen molar-refractivity contribution in [3.63, 3.8) is 0 Å². The fraction of sp³-hybridized carbons (Fsp3) is 0.296. The van der Waals surface area contributed by atoms with Crippen LogP contribution in [0.2, 0.25) is 0 Å². The first-order valence-corrected chi connectivity index (χ1v) is 11.6. The van der Waals surface area contributed by atoms with Crippen LogP contribution < -0.4 is 0 Å². The third kappa shape index (κ3) is 4.22. The van der Waals surface area contributed by atoms with Gasteiger partial charge in [-0.1, -0.05) is 72.4 Å². The molecule has 0 heterocycles. The second kappa shape index (κ2) is 8.55. The lowest BCUT2D eigenvalue weighted by atomic mass is 9.77. The summed E-state index contributed by atoms with van der Waals surface area (Å²) in [6, 6.07) is 21.1. The number of ether oxygens (including phenoxy) is 1. The van der Waals surface area contributed by atoms with Gasteiger partial charge >= 0.3 is 5.97 Å². The van der Waals surface area contributed by atoms with E-state index in [1.54, 1.807) is 20.8 Å². The highest BCUT2D eigenvalue weighted by Crippen LogP contribution is 2.42. The molecule has 0 fully saturated rings. The molecule has 5 heteroatoms. The van der Waals surface area contributed by atoms with E-state index in [-0.39, 0.29) is 30.2 Å². The minimum Gasteiger partial charge on any atom is -0.459 e. The van der Waals surface area contributed by atoms with Crippen LogP contribution in [-0.4, -0.2) is 22.5 Å². The summed E-state index contributed by atoms with van der Waals surface area (Å²) in [6.45, 7) is 5.35. The molecule has 32 heavy (non-hydrogen) atoms. The van der Waals surface area contributed by atoms with Crippen LogP contribution in [0, 0.1) is 0 Å². The topological polar surface area (TPSA) is 60.4 Å². The molecule has 0 bridgehead atoms. The Bertz CT molecular complexity index is 1200. The summed E-state index contributed by atoms with van der Waals surface area (Å²) in [6.07, 6.45) is 0.377. The molecular weight excluding hydrogens is 420 g/mol. The van der Waals surface area contributed by atoms with Gasteiger partial charge in [0.2, 0.25) is 0 Å². The van der Waals surface area contributed by atoms with Crippen molar-refractivity contribution in [2.24, 2.45) is 0 Å². The zero-order valence-corrected chi connectivity index (χ0v) is 19.3. The quantitative estimate of drug-likeness (QED) is 0.288. The molecule has 0 aromatic heterocycles. The summed E-state index contributed by atoms with van der Waals surface area (Å²) in [7, 11) is 0. The number of fused-ring (bicyclic) bond motifs is 2. The molecule has 4 rings (SSSR count).